The van der Waals surface area contributed by atoms with Gasteiger partial charge >= 0.3 is 0 Å². The van der Waals surface area contributed by atoms with Crippen molar-refractivity contribution in [3.8, 4) is 5.75 Å². The van der Waals surface area contributed by atoms with Gasteiger partial charge in [0.25, 0.3) is 0 Å². The van der Waals surface area contributed by atoms with Crippen LogP contribution in [0.1, 0.15) is 18.3 Å². The Kier molecular flexibility index (Phi) is 5.16. The maximum Gasteiger partial charge on any atom is 0.178 e. The van der Waals surface area contributed by atoms with E-state index in [4.69, 9.17) is 15.3 Å². The Morgan fingerprint density at radius 1 is 1.36 bits per heavy atom. The number of ether oxygens (including phenoxy) is 1. The summed E-state index contributed by atoms with van der Waals surface area (Å²) >= 11 is 0. The van der Waals surface area contributed by atoms with Crippen LogP contribution in [0.15, 0.2) is 36.7 Å². The first kappa shape index (κ1) is 15.6. The molecule has 3 N–H and O–H groups in total. The fourth-order valence-corrected chi connectivity index (χ4v) is 1.80. The average molecular weight is 300 g/mol. The van der Waals surface area contributed by atoms with E-state index in [1.807, 2.05) is 0 Å². The number of ketones is 1. The van der Waals surface area contributed by atoms with Gasteiger partial charge in [0.1, 0.15) is 24.8 Å². The van der Waals surface area contributed by atoms with Crippen LogP contribution in [0, 0.1) is 5.41 Å². The van der Waals surface area contributed by atoms with Crippen molar-refractivity contribution in [3.05, 3.63) is 48.0 Å². The zero-order valence-electron chi connectivity index (χ0n) is 12.0. The Labute approximate surface area is 127 Å². The molecule has 0 saturated heterocycles. The van der Waals surface area contributed by atoms with E-state index in [2.05, 4.69) is 15.3 Å². The predicted molar refractivity (Wildman–Crippen MR) is 81.0 cm³/mol. The number of aromatic nitrogens is 2. The second kappa shape index (κ2) is 7.28. The Bertz CT molecular complexity index is 674. The van der Waals surface area contributed by atoms with E-state index in [9.17, 15) is 4.79 Å². The highest BCUT2D eigenvalue weighted by molar-refractivity contribution is 6.45. The highest BCUT2D eigenvalue weighted by atomic mass is 16.5. The third-order valence-electron chi connectivity index (χ3n) is 2.87. The first-order chi connectivity index (χ1) is 10.6. The normalized spacial score (nSPS) is 10.1. The number of carbonyl (C=O) groups excluding carboxylic acids is 1. The molecule has 1 aromatic heterocycles. The molecule has 114 valence electrons. The van der Waals surface area contributed by atoms with Gasteiger partial charge in [0.05, 0.1) is 0 Å². The van der Waals surface area contributed by atoms with E-state index in [0.29, 0.717) is 22.8 Å². The smallest absolute Gasteiger partial charge is 0.178 e. The van der Waals surface area contributed by atoms with Gasteiger partial charge in [-0.05, 0) is 24.3 Å². The molecule has 0 spiro atoms. The van der Waals surface area contributed by atoms with E-state index in [1.54, 1.807) is 36.7 Å². The molecule has 1 aromatic carbocycles. The third-order valence-corrected chi connectivity index (χ3v) is 2.87. The van der Waals surface area contributed by atoms with Crippen molar-refractivity contribution in [2.45, 2.75) is 13.5 Å². The fraction of sp³-hybridized carbons (Fsp3) is 0.200. The average Bonchev–Trinajstić information content (AvgIpc) is 2.54. The van der Waals surface area contributed by atoms with Crippen LogP contribution in [0.2, 0.25) is 0 Å². The Hall–Kier alpha value is -2.80. The minimum atomic E-state index is -0.371. The molecule has 7 heteroatoms. The van der Waals surface area contributed by atoms with Crippen LogP contribution in [0.4, 0.5) is 5.69 Å². The number of aliphatic hydroxyl groups excluding tert-OH is 1. The molecule has 0 atom stereocenters. The lowest BCUT2D eigenvalue weighted by atomic mass is 10.0. The molecule has 0 fully saturated rings. The molecule has 1 heterocycles. The van der Waals surface area contributed by atoms with Gasteiger partial charge in [-0.15, -0.1) is 0 Å². The molecular formula is C15H16N4O3. The van der Waals surface area contributed by atoms with Crippen LogP contribution in [0.3, 0.4) is 0 Å². The summed E-state index contributed by atoms with van der Waals surface area (Å²) in [6.45, 7) is 1.20. The monoisotopic (exact) mass is 300 g/mol. The van der Waals surface area contributed by atoms with Crippen molar-refractivity contribution in [3.63, 3.8) is 0 Å². The Balaban J connectivity index is 2.20. The number of hydrogen-bond acceptors (Lipinski definition) is 7. The zero-order chi connectivity index (χ0) is 15.9. The van der Waals surface area contributed by atoms with Crippen LogP contribution in [-0.4, -0.2) is 33.3 Å². The highest BCUT2D eigenvalue weighted by Crippen LogP contribution is 2.23. The minimum Gasteiger partial charge on any atom is -0.486 e. The van der Waals surface area contributed by atoms with Crippen molar-refractivity contribution >= 4 is 17.2 Å². The predicted octanol–water partition coefficient (Wildman–Crippen LogP) is 1.37. The lowest BCUT2D eigenvalue weighted by Gasteiger charge is -2.12. The Morgan fingerprint density at radius 3 is 2.73 bits per heavy atom. The molecule has 0 aliphatic carbocycles. The second-order valence-corrected chi connectivity index (χ2v) is 4.43. The second-order valence-electron chi connectivity index (χ2n) is 4.43. The van der Waals surface area contributed by atoms with Crippen molar-refractivity contribution in [1.82, 2.24) is 9.97 Å². The third kappa shape index (κ3) is 3.86. The van der Waals surface area contributed by atoms with Crippen LogP contribution in [-0.2, 0) is 11.4 Å². The topological polar surface area (TPSA) is 108 Å². The summed E-state index contributed by atoms with van der Waals surface area (Å²) in [5, 5.41) is 19.5. The molecule has 2 aromatic rings. The van der Waals surface area contributed by atoms with Crippen LogP contribution < -0.4 is 10.1 Å². The number of anilines is 1. The standard InChI is InChI=1S/C15H16N4O3/c1-10(21)15(16)12-7-11(3-4-13(12)19-9-20)22-8-14-17-5-2-6-18-14/h2-7,16,19-20H,8-9H2,1H3. The highest BCUT2D eigenvalue weighted by Gasteiger charge is 2.13. The van der Waals surface area contributed by atoms with Crippen molar-refractivity contribution in [1.29, 1.82) is 5.41 Å². The van der Waals surface area contributed by atoms with Gasteiger partial charge < -0.3 is 15.2 Å². The van der Waals surface area contributed by atoms with E-state index in [-0.39, 0.29) is 24.8 Å². The SMILES string of the molecule is CC(=O)C(=N)c1cc(OCc2ncccn2)ccc1NCO. The molecule has 2 rings (SSSR count). The van der Waals surface area contributed by atoms with Crippen LogP contribution in [0.5, 0.6) is 5.75 Å². The summed E-state index contributed by atoms with van der Waals surface area (Å²) in [7, 11) is 0. The quantitative estimate of drug-likeness (QED) is 0.526. The van der Waals surface area contributed by atoms with Gasteiger partial charge in [-0.25, -0.2) is 9.97 Å². The van der Waals surface area contributed by atoms with Gasteiger partial charge in [-0.3, -0.25) is 10.2 Å². The number of aliphatic hydroxyl groups is 1. The molecule has 22 heavy (non-hydrogen) atoms. The lowest BCUT2D eigenvalue weighted by molar-refractivity contribution is -0.111. The maximum atomic E-state index is 11.4. The summed E-state index contributed by atoms with van der Waals surface area (Å²) in [5.41, 5.74) is 0.705. The number of carbonyl (C=O) groups is 1. The lowest BCUT2D eigenvalue weighted by Crippen LogP contribution is -2.14. The van der Waals surface area contributed by atoms with Gasteiger partial charge in [-0.2, -0.15) is 0 Å². The number of nitrogens with one attached hydrogen (secondary N) is 2. The zero-order valence-corrected chi connectivity index (χ0v) is 12.0. The summed E-state index contributed by atoms with van der Waals surface area (Å²) in [6.07, 6.45) is 3.24. The molecule has 0 saturated carbocycles. The molecular weight excluding hydrogens is 284 g/mol. The minimum absolute atomic E-state index is 0.155. The molecule has 0 radical (unpaired) electrons. The van der Waals surface area contributed by atoms with Crippen LogP contribution in [0.25, 0.3) is 0 Å². The van der Waals surface area contributed by atoms with Gasteiger partial charge in [0, 0.05) is 30.6 Å². The largest absolute Gasteiger partial charge is 0.486 e. The summed E-state index contributed by atoms with van der Waals surface area (Å²) in [6, 6.07) is 6.61. The molecule has 0 bridgehead atoms. The number of Topliss-reactive ketones (excluding diaryl/α,β-unsaturated/α-hetero) is 1. The Morgan fingerprint density at radius 2 is 2.09 bits per heavy atom. The molecule has 0 aliphatic rings. The summed E-state index contributed by atoms with van der Waals surface area (Å²) in [4.78, 5) is 19.5. The van der Waals surface area contributed by atoms with E-state index in [0.717, 1.165) is 0 Å². The number of hydrogen-bond donors (Lipinski definition) is 3. The van der Waals surface area contributed by atoms with Gasteiger partial charge in [-0.1, -0.05) is 0 Å². The molecule has 0 aliphatic heterocycles. The van der Waals surface area contributed by atoms with Gasteiger partial charge in [0.2, 0.25) is 0 Å². The molecule has 0 amide bonds. The van der Waals surface area contributed by atoms with Crippen molar-refractivity contribution in [2.24, 2.45) is 0 Å². The molecule has 0 unspecified atom stereocenters. The van der Waals surface area contributed by atoms with E-state index >= 15 is 0 Å². The van der Waals surface area contributed by atoms with Gasteiger partial charge in [0.15, 0.2) is 11.6 Å². The van der Waals surface area contributed by atoms with E-state index < -0.39 is 0 Å². The number of nitrogens with zero attached hydrogens (tertiary/aromatic N) is 2. The van der Waals surface area contributed by atoms with Crippen LogP contribution >= 0.6 is 0 Å². The van der Waals surface area contributed by atoms with Crippen molar-refractivity contribution < 1.29 is 14.6 Å². The summed E-state index contributed by atoms with van der Waals surface area (Å²) < 4.78 is 5.57. The first-order valence-electron chi connectivity index (χ1n) is 6.59. The summed E-state index contributed by atoms with van der Waals surface area (Å²) in [5.74, 6) is 0.643. The van der Waals surface area contributed by atoms with Crippen molar-refractivity contribution in [2.75, 3.05) is 12.0 Å². The van der Waals surface area contributed by atoms with E-state index in [1.165, 1.54) is 6.92 Å². The fourth-order valence-electron chi connectivity index (χ4n) is 1.80. The molecule has 7 nitrogen and oxygen atoms in total. The first-order valence-corrected chi connectivity index (χ1v) is 6.59. The number of benzene rings is 1. The maximum absolute atomic E-state index is 11.4. The number of rotatable bonds is 7.